The largest absolute Gasteiger partial charge is 0.486 e. The summed E-state index contributed by atoms with van der Waals surface area (Å²) < 4.78 is 11.8. The first-order valence-corrected chi connectivity index (χ1v) is 12.2. The van der Waals surface area contributed by atoms with Crippen LogP contribution in [0.2, 0.25) is 0 Å². The molecule has 6 nitrogen and oxygen atoms in total. The van der Waals surface area contributed by atoms with Crippen molar-refractivity contribution in [2.75, 3.05) is 25.1 Å². The van der Waals surface area contributed by atoms with E-state index in [1.807, 2.05) is 29.2 Å². The van der Waals surface area contributed by atoms with Gasteiger partial charge in [0.2, 0.25) is 5.91 Å². The molecule has 2 fully saturated rings. The SMILES string of the molecule is CC1c2cc3c(cc2C2(CCCC2)CN1C(=O)c1ccc(NC(=O)C2CC2)cc1)OCCO3. The second-order valence-electron chi connectivity index (χ2n) is 10.0. The highest BCUT2D eigenvalue weighted by molar-refractivity contribution is 5.97. The molecule has 2 aliphatic heterocycles. The zero-order valence-corrected chi connectivity index (χ0v) is 19.1. The molecule has 2 amide bonds. The van der Waals surface area contributed by atoms with Gasteiger partial charge in [-0.05, 0) is 80.1 Å². The Labute approximate surface area is 194 Å². The van der Waals surface area contributed by atoms with E-state index in [4.69, 9.17) is 9.47 Å². The van der Waals surface area contributed by atoms with E-state index >= 15 is 0 Å². The number of nitrogens with one attached hydrogen (secondary N) is 1. The fraction of sp³-hybridized carbons (Fsp3) is 0.481. The van der Waals surface area contributed by atoms with E-state index in [1.54, 1.807) is 0 Å². The molecule has 2 aromatic carbocycles. The molecule has 6 heteroatoms. The maximum atomic E-state index is 13.7. The first-order valence-electron chi connectivity index (χ1n) is 12.2. The maximum Gasteiger partial charge on any atom is 0.254 e. The van der Waals surface area contributed by atoms with Gasteiger partial charge >= 0.3 is 0 Å². The Hall–Kier alpha value is -3.02. The number of rotatable bonds is 3. The molecular weight excluding hydrogens is 416 g/mol. The summed E-state index contributed by atoms with van der Waals surface area (Å²) in [7, 11) is 0. The molecule has 33 heavy (non-hydrogen) atoms. The quantitative estimate of drug-likeness (QED) is 0.733. The number of carbonyl (C=O) groups is 2. The first-order chi connectivity index (χ1) is 16.0. The molecule has 4 aliphatic rings. The Balaban J connectivity index is 1.30. The number of fused-ring (bicyclic) bond motifs is 3. The van der Waals surface area contributed by atoms with E-state index in [9.17, 15) is 9.59 Å². The molecule has 0 saturated heterocycles. The third-order valence-corrected chi connectivity index (χ3v) is 7.85. The summed E-state index contributed by atoms with van der Waals surface area (Å²) in [6, 6.07) is 11.6. The van der Waals surface area contributed by atoms with Crippen molar-refractivity contribution in [3.8, 4) is 11.5 Å². The van der Waals surface area contributed by atoms with Crippen LogP contribution < -0.4 is 14.8 Å². The maximum absolute atomic E-state index is 13.7. The van der Waals surface area contributed by atoms with Crippen LogP contribution in [-0.2, 0) is 10.2 Å². The Kier molecular flexibility index (Phi) is 4.86. The van der Waals surface area contributed by atoms with Crippen LogP contribution in [0.25, 0.3) is 0 Å². The van der Waals surface area contributed by atoms with Crippen molar-refractivity contribution in [3.63, 3.8) is 0 Å². The monoisotopic (exact) mass is 446 g/mol. The van der Waals surface area contributed by atoms with Gasteiger partial charge in [0.15, 0.2) is 11.5 Å². The van der Waals surface area contributed by atoms with Crippen LogP contribution in [0.3, 0.4) is 0 Å². The molecule has 1 atom stereocenters. The fourth-order valence-electron chi connectivity index (χ4n) is 5.80. The summed E-state index contributed by atoms with van der Waals surface area (Å²) in [6.07, 6.45) is 6.47. The normalized spacial score (nSPS) is 22.7. The standard InChI is InChI=1S/C27H30N2O4/c1-17-21-14-23-24(33-13-12-32-23)15-22(21)27(10-2-3-11-27)16-29(17)26(31)19-6-8-20(9-7-19)28-25(30)18-4-5-18/h6-9,14-15,17-18H,2-5,10-13,16H2,1H3,(H,28,30). The van der Waals surface area contributed by atoms with Gasteiger partial charge < -0.3 is 19.7 Å². The molecule has 2 aromatic rings. The van der Waals surface area contributed by atoms with Crippen LogP contribution in [0.4, 0.5) is 5.69 Å². The molecule has 1 unspecified atom stereocenters. The highest BCUT2D eigenvalue weighted by Gasteiger charge is 2.46. The number of nitrogens with zero attached hydrogens (tertiary/aromatic N) is 1. The van der Waals surface area contributed by atoms with Crippen molar-refractivity contribution in [1.82, 2.24) is 4.90 Å². The summed E-state index contributed by atoms with van der Waals surface area (Å²) in [6.45, 7) is 3.96. The van der Waals surface area contributed by atoms with Crippen LogP contribution in [-0.4, -0.2) is 36.5 Å². The lowest BCUT2D eigenvalue weighted by Crippen LogP contribution is -2.48. The smallest absolute Gasteiger partial charge is 0.254 e. The van der Waals surface area contributed by atoms with Gasteiger partial charge in [-0.1, -0.05) is 12.8 Å². The number of benzene rings is 2. The summed E-state index contributed by atoms with van der Waals surface area (Å²) in [5.41, 5.74) is 3.89. The zero-order chi connectivity index (χ0) is 22.6. The van der Waals surface area contributed by atoms with Gasteiger partial charge in [0.25, 0.3) is 5.91 Å². The Morgan fingerprint density at radius 1 is 1.00 bits per heavy atom. The molecule has 172 valence electrons. The van der Waals surface area contributed by atoms with Crippen molar-refractivity contribution >= 4 is 17.5 Å². The minimum atomic E-state index is -0.0520. The van der Waals surface area contributed by atoms with Gasteiger partial charge in [-0.25, -0.2) is 0 Å². The fourth-order valence-corrected chi connectivity index (χ4v) is 5.80. The number of hydrogen-bond donors (Lipinski definition) is 1. The summed E-state index contributed by atoms with van der Waals surface area (Å²) >= 11 is 0. The number of ether oxygens (including phenoxy) is 2. The third kappa shape index (κ3) is 3.56. The van der Waals surface area contributed by atoms with Gasteiger partial charge in [-0.2, -0.15) is 0 Å². The summed E-state index contributed by atoms with van der Waals surface area (Å²) in [5, 5.41) is 2.95. The van der Waals surface area contributed by atoms with E-state index in [0.29, 0.717) is 18.8 Å². The van der Waals surface area contributed by atoms with Crippen LogP contribution in [0.5, 0.6) is 11.5 Å². The van der Waals surface area contributed by atoms with Crippen LogP contribution in [0.1, 0.15) is 73.0 Å². The number of anilines is 1. The van der Waals surface area contributed by atoms with Crippen molar-refractivity contribution in [1.29, 1.82) is 0 Å². The number of hydrogen-bond acceptors (Lipinski definition) is 4. The second-order valence-corrected chi connectivity index (χ2v) is 10.0. The van der Waals surface area contributed by atoms with Gasteiger partial charge in [0.05, 0.1) is 6.04 Å². The zero-order valence-electron chi connectivity index (χ0n) is 19.1. The highest BCUT2D eigenvalue weighted by atomic mass is 16.6. The van der Waals surface area contributed by atoms with Crippen LogP contribution in [0.15, 0.2) is 36.4 Å². The van der Waals surface area contributed by atoms with E-state index in [-0.39, 0.29) is 29.2 Å². The lowest BCUT2D eigenvalue weighted by atomic mass is 9.71. The number of amides is 2. The molecule has 2 heterocycles. The predicted octanol–water partition coefficient (Wildman–Crippen LogP) is 4.84. The molecule has 2 saturated carbocycles. The molecule has 2 aliphatic carbocycles. The van der Waals surface area contributed by atoms with Crippen molar-refractivity contribution in [3.05, 3.63) is 53.1 Å². The Morgan fingerprint density at radius 3 is 2.33 bits per heavy atom. The van der Waals surface area contributed by atoms with Crippen molar-refractivity contribution in [2.45, 2.75) is 56.9 Å². The molecular formula is C27H30N2O4. The lowest BCUT2D eigenvalue weighted by Gasteiger charge is -2.46. The molecule has 0 radical (unpaired) electrons. The predicted molar refractivity (Wildman–Crippen MR) is 125 cm³/mol. The molecule has 0 bridgehead atoms. The Morgan fingerprint density at radius 2 is 1.67 bits per heavy atom. The molecule has 1 N–H and O–H groups in total. The molecule has 0 aromatic heterocycles. The topological polar surface area (TPSA) is 67.9 Å². The van der Waals surface area contributed by atoms with Gasteiger partial charge in [0, 0.05) is 29.1 Å². The average Bonchev–Trinajstić information content (AvgIpc) is 3.60. The van der Waals surface area contributed by atoms with E-state index in [2.05, 4.69) is 24.4 Å². The summed E-state index contributed by atoms with van der Waals surface area (Å²) in [4.78, 5) is 27.8. The van der Waals surface area contributed by atoms with Gasteiger partial charge in [-0.3, -0.25) is 9.59 Å². The average molecular weight is 447 g/mol. The van der Waals surface area contributed by atoms with Gasteiger partial charge in [0.1, 0.15) is 13.2 Å². The van der Waals surface area contributed by atoms with E-state index in [0.717, 1.165) is 49.4 Å². The van der Waals surface area contributed by atoms with E-state index in [1.165, 1.54) is 24.0 Å². The van der Waals surface area contributed by atoms with E-state index < -0.39 is 0 Å². The minimum absolute atomic E-state index is 0.0223. The third-order valence-electron chi connectivity index (χ3n) is 7.85. The first kappa shape index (κ1) is 20.6. The molecule has 1 spiro atoms. The van der Waals surface area contributed by atoms with Crippen molar-refractivity contribution < 1.29 is 19.1 Å². The Bertz CT molecular complexity index is 1100. The van der Waals surface area contributed by atoms with Crippen LogP contribution in [0, 0.1) is 5.92 Å². The second kappa shape index (κ2) is 7.79. The summed E-state index contributed by atoms with van der Waals surface area (Å²) in [5.74, 6) is 1.89. The highest BCUT2D eigenvalue weighted by Crippen LogP contribution is 2.52. The van der Waals surface area contributed by atoms with Gasteiger partial charge in [-0.15, -0.1) is 0 Å². The van der Waals surface area contributed by atoms with Crippen LogP contribution >= 0.6 is 0 Å². The minimum Gasteiger partial charge on any atom is -0.486 e. The number of carbonyl (C=O) groups excluding carboxylic acids is 2. The lowest BCUT2D eigenvalue weighted by molar-refractivity contribution is -0.117. The van der Waals surface area contributed by atoms with Crippen molar-refractivity contribution in [2.24, 2.45) is 5.92 Å². The molecule has 6 rings (SSSR count).